The lowest BCUT2D eigenvalue weighted by molar-refractivity contribution is -0.137. The minimum atomic E-state index is -0.822. The van der Waals surface area contributed by atoms with Crippen molar-refractivity contribution in [3.8, 4) is 0 Å². The average Bonchev–Trinajstić information content (AvgIpc) is 2.42. The minimum Gasteiger partial charge on any atom is -0.466 e. The first-order valence-electron chi connectivity index (χ1n) is 6.02. The summed E-state index contributed by atoms with van der Waals surface area (Å²) in [6, 6.07) is 0. The molecule has 5 nitrogen and oxygen atoms in total. The van der Waals surface area contributed by atoms with Crippen molar-refractivity contribution in [2.45, 2.75) is 39.2 Å². The molecule has 0 fully saturated rings. The summed E-state index contributed by atoms with van der Waals surface area (Å²) in [5, 5.41) is 8.72. The zero-order valence-electron chi connectivity index (χ0n) is 12.2. The SMILES string of the molecule is C=C(C(=O)OC)C(C)O.C=C(CCCC)C(=O)OC. The molecule has 1 N–H and O–H groups in total. The molecule has 110 valence electrons. The first-order valence-corrected chi connectivity index (χ1v) is 6.02. The highest BCUT2D eigenvalue weighted by atomic mass is 16.5. The van der Waals surface area contributed by atoms with Gasteiger partial charge in [0.25, 0.3) is 0 Å². The van der Waals surface area contributed by atoms with E-state index in [0.717, 1.165) is 19.3 Å². The summed E-state index contributed by atoms with van der Waals surface area (Å²) in [6.45, 7) is 10.4. The molecule has 0 spiro atoms. The Balaban J connectivity index is 0. The Labute approximate surface area is 114 Å². The summed E-state index contributed by atoms with van der Waals surface area (Å²) in [7, 11) is 2.62. The van der Waals surface area contributed by atoms with Gasteiger partial charge in [-0.25, -0.2) is 9.59 Å². The predicted octanol–water partition coefficient (Wildman–Crippen LogP) is 2.00. The number of hydrogen-bond acceptors (Lipinski definition) is 5. The molecule has 0 heterocycles. The molecule has 19 heavy (non-hydrogen) atoms. The van der Waals surface area contributed by atoms with Crippen LogP contribution in [0.25, 0.3) is 0 Å². The van der Waals surface area contributed by atoms with Gasteiger partial charge in [0.1, 0.15) is 0 Å². The highest BCUT2D eigenvalue weighted by Crippen LogP contribution is 2.05. The number of esters is 2. The number of unbranched alkanes of at least 4 members (excludes halogenated alkanes) is 1. The van der Waals surface area contributed by atoms with Crippen molar-refractivity contribution in [2.75, 3.05) is 14.2 Å². The van der Waals surface area contributed by atoms with E-state index in [0.29, 0.717) is 5.57 Å². The molecule has 0 aromatic carbocycles. The molecule has 1 unspecified atom stereocenters. The molecule has 0 aliphatic carbocycles. The number of aliphatic hydroxyl groups excluding tert-OH is 1. The van der Waals surface area contributed by atoms with E-state index in [1.807, 2.05) is 0 Å². The summed E-state index contributed by atoms with van der Waals surface area (Å²) < 4.78 is 8.75. The van der Waals surface area contributed by atoms with Crippen LogP contribution in [0.2, 0.25) is 0 Å². The van der Waals surface area contributed by atoms with Crippen molar-refractivity contribution >= 4 is 11.9 Å². The van der Waals surface area contributed by atoms with Gasteiger partial charge in [-0.15, -0.1) is 0 Å². The first-order chi connectivity index (χ1) is 8.81. The summed E-state index contributed by atoms with van der Waals surface area (Å²) >= 11 is 0. The van der Waals surface area contributed by atoms with Crippen LogP contribution in [-0.2, 0) is 19.1 Å². The molecule has 0 amide bonds. The van der Waals surface area contributed by atoms with Gasteiger partial charge in [0.2, 0.25) is 0 Å². The fourth-order valence-electron chi connectivity index (χ4n) is 0.938. The quantitative estimate of drug-likeness (QED) is 0.591. The number of carbonyl (C=O) groups excluding carboxylic acids is 2. The highest BCUT2D eigenvalue weighted by Gasteiger charge is 2.10. The van der Waals surface area contributed by atoms with E-state index in [1.165, 1.54) is 21.1 Å². The van der Waals surface area contributed by atoms with Gasteiger partial charge in [0.15, 0.2) is 0 Å². The number of aliphatic hydroxyl groups is 1. The van der Waals surface area contributed by atoms with Gasteiger partial charge < -0.3 is 14.6 Å². The van der Waals surface area contributed by atoms with Crippen molar-refractivity contribution in [1.29, 1.82) is 0 Å². The maximum absolute atomic E-state index is 10.7. The van der Waals surface area contributed by atoms with Gasteiger partial charge in [-0.3, -0.25) is 0 Å². The molecule has 5 heteroatoms. The lowest BCUT2D eigenvalue weighted by Gasteiger charge is -2.03. The second-order valence-electron chi connectivity index (χ2n) is 3.89. The lowest BCUT2D eigenvalue weighted by Crippen LogP contribution is -2.14. The molecule has 1 atom stereocenters. The molecule has 0 aromatic heterocycles. The van der Waals surface area contributed by atoms with Crippen LogP contribution in [0.15, 0.2) is 24.3 Å². The second-order valence-corrected chi connectivity index (χ2v) is 3.89. The van der Waals surface area contributed by atoms with Crippen LogP contribution >= 0.6 is 0 Å². The Kier molecular flexibility index (Phi) is 11.9. The Bertz CT molecular complexity index is 318. The van der Waals surface area contributed by atoms with Crippen LogP contribution in [-0.4, -0.2) is 37.4 Å². The third kappa shape index (κ3) is 10.0. The molecule has 0 aromatic rings. The fraction of sp³-hybridized carbons (Fsp3) is 0.571. The van der Waals surface area contributed by atoms with Gasteiger partial charge in [0, 0.05) is 5.57 Å². The van der Waals surface area contributed by atoms with Crippen LogP contribution in [0.3, 0.4) is 0 Å². The van der Waals surface area contributed by atoms with Crippen LogP contribution in [0.5, 0.6) is 0 Å². The van der Waals surface area contributed by atoms with E-state index < -0.39 is 12.1 Å². The van der Waals surface area contributed by atoms with Crippen molar-refractivity contribution in [3.05, 3.63) is 24.3 Å². The highest BCUT2D eigenvalue weighted by molar-refractivity contribution is 5.88. The number of methoxy groups -OCH3 is 2. The largest absolute Gasteiger partial charge is 0.466 e. The smallest absolute Gasteiger partial charge is 0.335 e. The second kappa shape index (κ2) is 11.5. The molecular formula is C14H24O5. The van der Waals surface area contributed by atoms with Crippen LogP contribution in [0.4, 0.5) is 0 Å². The maximum Gasteiger partial charge on any atom is 0.335 e. The fourth-order valence-corrected chi connectivity index (χ4v) is 0.938. The predicted molar refractivity (Wildman–Crippen MR) is 73.5 cm³/mol. The van der Waals surface area contributed by atoms with Crippen molar-refractivity contribution in [2.24, 2.45) is 0 Å². The zero-order valence-corrected chi connectivity index (χ0v) is 12.2. The van der Waals surface area contributed by atoms with Crippen LogP contribution in [0, 0.1) is 0 Å². The molecule has 0 radical (unpaired) electrons. The number of carbonyl (C=O) groups is 2. The van der Waals surface area contributed by atoms with Gasteiger partial charge in [-0.1, -0.05) is 26.5 Å². The molecule has 0 bridgehead atoms. The Morgan fingerprint density at radius 3 is 1.89 bits per heavy atom. The molecule has 0 saturated carbocycles. The Morgan fingerprint density at radius 1 is 1.16 bits per heavy atom. The van der Waals surface area contributed by atoms with Crippen molar-refractivity contribution in [1.82, 2.24) is 0 Å². The molecular weight excluding hydrogens is 248 g/mol. The lowest BCUT2D eigenvalue weighted by atomic mass is 10.1. The van der Waals surface area contributed by atoms with Gasteiger partial charge in [-0.2, -0.15) is 0 Å². The Morgan fingerprint density at radius 2 is 1.63 bits per heavy atom. The van der Waals surface area contributed by atoms with Crippen LogP contribution in [0.1, 0.15) is 33.1 Å². The number of ether oxygens (including phenoxy) is 2. The maximum atomic E-state index is 10.7. The number of hydrogen-bond donors (Lipinski definition) is 1. The van der Waals surface area contributed by atoms with E-state index in [2.05, 4.69) is 29.6 Å². The third-order valence-corrected chi connectivity index (χ3v) is 2.26. The van der Waals surface area contributed by atoms with Gasteiger partial charge in [-0.05, 0) is 19.8 Å². The van der Waals surface area contributed by atoms with Gasteiger partial charge in [0.05, 0.1) is 25.9 Å². The van der Waals surface area contributed by atoms with Crippen LogP contribution < -0.4 is 0 Å². The minimum absolute atomic E-state index is 0.0810. The average molecular weight is 272 g/mol. The topological polar surface area (TPSA) is 72.8 Å². The Hall–Kier alpha value is -1.62. The molecule has 0 saturated heterocycles. The monoisotopic (exact) mass is 272 g/mol. The molecule has 0 aliphatic rings. The standard InChI is InChI=1S/C8H14O2.C6H10O3/c1-4-5-6-7(2)8(9)10-3;1-4(5(2)7)6(8)9-3/h2,4-6H2,1,3H3;5,7H,1H2,2-3H3. The van der Waals surface area contributed by atoms with Crippen molar-refractivity contribution < 1.29 is 24.2 Å². The van der Waals surface area contributed by atoms with E-state index in [9.17, 15) is 9.59 Å². The summed E-state index contributed by atoms with van der Waals surface area (Å²) in [6.07, 6.45) is 2.02. The van der Waals surface area contributed by atoms with E-state index >= 15 is 0 Å². The van der Waals surface area contributed by atoms with E-state index in [1.54, 1.807) is 0 Å². The number of rotatable bonds is 6. The molecule has 0 aliphatic heterocycles. The summed E-state index contributed by atoms with van der Waals surface area (Å²) in [5.41, 5.74) is 0.654. The first kappa shape index (κ1) is 19.7. The van der Waals surface area contributed by atoms with E-state index in [4.69, 9.17) is 5.11 Å². The zero-order chi connectivity index (χ0) is 15.4. The summed E-state index contributed by atoms with van der Waals surface area (Å²) in [4.78, 5) is 21.2. The normalized spacial score (nSPS) is 10.6. The van der Waals surface area contributed by atoms with Crippen molar-refractivity contribution in [3.63, 3.8) is 0 Å². The third-order valence-electron chi connectivity index (χ3n) is 2.26. The summed E-state index contributed by atoms with van der Waals surface area (Å²) in [5.74, 6) is -0.849. The van der Waals surface area contributed by atoms with E-state index in [-0.39, 0.29) is 11.5 Å². The molecule has 0 rings (SSSR count). The van der Waals surface area contributed by atoms with Gasteiger partial charge >= 0.3 is 11.9 Å².